The lowest BCUT2D eigenvalue weighted by atomic mass is 10.2. The number of amides is 1. The lowest BCUT2D eigenvalue weighted by Crippen LogP contribution is -2.22. The van der Waals surface area contributed by atoms with Crippen LogP contribution in [0.25, 0.3) is 0 Å². The highest BCUT2D eigenvalue weighted by molar-refractivity contribution is 6.36. The zero-order chi connectivity index (χ0) is 18.6. The summed E-state index contributed by atoms with van der Waals surface area (Å²) in [5.41, 5.74) is 1.84. The fourth-order valence-corrected chi connectivity index (χ4v) is 2.33. The maximum absolute atomic E-state index is 12.0. The third-order valence-electron chi connectivity index (χ3n) is 3.32. The number of hydrogen-bond donors (Lipinski definition) is 1. The van der Waals surface area contributed by atoms with Crippen molar-refractivity contribution in [2.24, 2.45) is 0 Å². The largest absolute Gasteiger partial charge is 0.452 e. The van der Waals surface area contributed by atoms with Gasteiger partial charge in [-0.2, -0.15) is 0 Å². The minimum atomic E-state index is -0.591. The second-order valence-electron chi connectivity index (χ2n) is 5.45. The average Bonchev–Trinajstić information content (AvgIpc) is 2.57. The molecule has 0 fully saturated rings. The molecule has 0 radical (unpaired) electrons. The zero-order valence-corrected chi connectivity index (χ0v) is 15.5. The molecule has 0 bridgehead atoms. The van der Waals surface area contributed by atoms with Gasteiger partial charge in [0, 0.05) is 19.8 Å². The van der Waals surface area contributed by atoms with Crippen LogP contribution in [0.2, 0.25) is 10.0 Å². The molecular formula is C17H17Cl2N3O3. The number of nitrogens with zero attached hydrogens (tertiary/aromatic N) is 2. The van der Waals surface area contributed by atoms with Crippen LogP contribution in [0.15, 0.2) is 30.3 Å². The van der Waals surface area contributed by atoms with Gasteiger partial charge >= 0.3 is 5.97 Å². The number of esters is 1. The number of carbonyl (C=O) groups is 2. The van der Waals surface area contributed by atoms with E-state index in [2.05, 4.69) is 10.3 Å². The number of benzene rings is 1. The number of rotatable bonds is 5. The average molecular weight is 382 g/mol. The van der Waals surface area contributed by atoms with E-state index in [1.807, 2.05) is 19.0 Å². The Morgan fingerprint density at radius 2 is 1.80 bits per heavy atom. The molecule has 8 heteroatoms. The smallest absolute Gasteiger partial charge is 0.338 e. The van der Waals surface area contributed by atoms with E-state index >= 15 is 0 Å². The molecule has 6 nitrogen and oxygen atoms in total. The quantitative estimate of drug-likeness (QED) is 0.801. The number of aromatic nitrogens is 1. The fraction of sp³-hybridized carbons (Fsp3) is 0.235. The standard InChI is InChI=1S/C17H17Cl2N3O3/c1-10-13(18)8-14(19)16(20-10)21-15(23)9-25-17(24)11-4-6-12(7-5-11)22(2)3/h4-8H,9H2,1-3H3,(H,20,21,23). The Balaban J connectivity index is 1.93. The number of carbonyl (C=O) groups excluding carboxylic acids is 2. The summed E-state index contributed by atoms with van der Waals surface area (Å²) in [7, 11) is 3.80. The topological polar surface area (TPSA) is 71.5 Å². The molecule has 0 aliphatic carbocycles. The summed E-state index contributed by atoms with van der Waals surface area (Å²) >= 11 is 11.9. The molecule has 1 heterocycles. The van der Waals surface area contributed by atoms with Gasteiger partial charge in [-0.15, -0.1) is 0 Å². The summed E-state index contributed by atoms with van der Waals surface area (Å²) in [5.74, 6) is -0.971. The molecule has 1 amide bonds. The number of aryl methyl sites for hydroxylation is 1. The molecule has 0 saturated carbocycles. The molecule has 1 N–H and O–H groups in total. The molecule has 132 valence electrons. The van der Waals surface area contributed by atoms with Crippen molar-refractivity contribution >= 4 is 46.6 Å². The van der Waals surface area contributed by atoms with Crippen LogP contribution in [0.3, 0.4) is 0 Å². The Morgan fingerprint density at radius 3 is 2.40 bits per heavy atom. The van der Waals surface area contributed by atoms with Crippen molar-refractivity contribution in [3.8, 4) is 0 Å². The lowest BCUT2D eigenvalue weighted by Gasteiger charge is -2.12. The van der Waals surface area contributed by atoms with Gasteiger partial charge in [-0.25, -0.2) is 9.78 Å². The van der Waals surface area contributed by atoms with Crippen LogP contribution < -0.4 is 10.2 Å². The van der Waals surface area contributed by atoms with Crippen molar-refractivity contribution in [1.29, 1.82) is 0 Å². The molecule has 25 heavy (non-hydrogen) atoms. The highest BCUT2D eigenvalue weighted by Gasteiger charge is 2.13. The van der Waals surface area contributed by atoms with Gasteiger partial charge in [-0.05, 0) is 37.3 Å². The van der Waals surface area contributed by atoms with E-state index in [0.717, 1.165) is 5.69 Å². The van der Waals surface area contributed by atoms with Crippen LogP contribution >= 0.6 is 23.2 Å². The van der Waals surface area contributed by atoms with E-state index in [1.165, 1.54) is 6.07 Å². The van der Waals surface area contributed by atoms with Gasteiger partial charge in [-0.3, -0.25) is 4.79 Å². The molecular weight excluding hydrogens is 365 g/mol. The van der Waals surface area contributed by atoms with Crippen molar-refractivity contribution in [2.45, 2.75) is 6.92 Å². The normalized spacial score (nSPS) is 10.3. The van der Waals surface area contributed by atoms with E-state index in [4.69, 9.17) is 27.9 Å². The SMILES string of the molecule is Cc1nc(NC(=O)COC(=O)c2ccc(N(C)C)cc2)c(Cl)cc1Cl. The van der Waals surface area contributed by atoms with Crippen molar-refractivity contribution in [3.05, 3.63) is 51.6 Å². The molecule has 0 atom stereocenters. The van der Waals surface area contributed by atoms with Crippen LogP contribution in [-0.4, -0.2) is 37.6 Å². The molecule has 1 aromatic carbocycles. The van der Waals surface area contributed by atoms with E-state index in [0.29, 0.717) is 16.3 Å². The number of hydrogen-bond acceptors (Lipinski definition) is 5. The van der Waals surface area contributed by atoms with E-state index < -0.39 is 18.5 Å². The monoisotopic (exact) mass is 381 g/mol. The van der Waals surface area contributed by atoms with Crippen molar-refractivity contribution in [1.82, 2.24) is 4.98 Å². The molecule has 0 aliphatic rings. The highest BCUT2D eigenvalue weighted by atomic mass is 35.5. The Morgan fingerprint density at radius 1 is 1.16 bits per heavy atom. The Kier molecular flexibility index (Phi) is 6.22. The fourth-order valence-electron chi connectivity index (χ4n) is 1.92. The first kappa shape index (κ1) is 19.0. The van der Waals surface area contributed by atoms with Crippen LogP contribution in [0.4, 0.5) is 11.5 Å². The zero-order valence-electron chi connectivity index (χ0n) is 14.0. The van der Waals surface area contributed by atoms with Gasteiger partial charge in [0.2, 0.25) is 0 Å². The van der Waals surface area contributed by atoms with Crippen molar-refractivity contribution in [3.63, 3.8) is 0 Å². The molecule has 2 rings (SSSR count). The molecule has 0 aliphatic heterocycles. The minimum Gasteiger partial charge on any atom is -0.452 e. The Hall–Kier alpha value is -2.31. The summed E-state index contributed by atoms with van der Waals surface area (Å²) < 4.78 is 4.99. The van der Waals surface area contributed by atoms with Gasteiger partial charge < -0.3 is 15.0 Å². The summed E-state index contributed by atoms with van der Waals surface area (Å²) in [5, 5.41) is 3.09. The van der Waals surface area contributed by atoms with E-state index in [1.54, 1.807) is 31.2 Å². The molecule has 2 aromatic rings. The number of ether oxygens (including phenoxy) is 1. The third-order valence-corrected chi connectivity index (χ3v) is 3.99. The Bertz CT molecular complexity index is 792. The first-order chi connectivity index (χ1) is 11.8. The molecule has 0 saturated heterocycles. The maximum Gasteiger partial charge on any atom is 0.338 e. The van der Waals surface area contributed by atoms with E-state index in [-0.39, 0.29) is 10.8 Å². The van der Waals surface area contributed by atoms with Crippen LogP contribution in [0.1, 0.15) is 16.1 Å². The first-order valence-electron chi connectivity index (χ1n) is 7.35. The number of anilines is 2. The molecule has 1 aromatic heterocycles. The lowest BCUT2D eigenvalue weighted by molar-refractivity contribution is -0.119. The van der Waals surface area contributed by atoms with Gasteiger partial charge in [0.05, 0.1) is 21.3 Å². The van der Waals surface area contributed by atoms with Gasteiger partial charge in [0.1, 0.15) is 0 Å². The number of pyridine rings is 1. The second kappa shape index (κ2) is 8.18. The maximum atomic E-state index is 12.0. The summed E-state index contributed by atoms with van der Waals surface area (Å²) in [6.45, 7) is 1.24. The van der Waals surface area contributed by atoms with Crippen LogP contribution in [-0.2, 0) is 9.53 Å². The van der Waals surface area contributed by atoms with Gasteiger partial charge in [-0.1, -0.05) is 23.2 Å². The summed E-state index contributed by atoms with van der Waals surface area (Å²) in [6.07, 6.45) is 0. The predicted molar refractivity (Wildman–Crippen MR) is 98.7 cm³/mol. The predicted octanol–water partition coefficient (Wildman–Crippen LogP) is 3.56. The van der Waals surface area contributed by atoms with Crippen LogP contribution in [0.5, 0.6) is 0 Å². The molecule has 0 unspecified atom stereocenters. The van der Waals surface area contributed by atoms with Gasteiger partial charge in [0.25, 0.3) is 5.91 Å². The summed E-state index contributed by atoms with van der Waals surface area (Å²) in [6, 6.07) is 8.33. The second-order valence-corrected chi connectivity index (χ2v) is 6.27. The number of halogens is 2. The van der Waals surface area contributed by atoms with Gasteiger partial charge in [0.15, 0.2) is 12.4 Å². The van der Waals surface area contributed by atoms with Crippen LogP contribution in [0, 0.1) is 6.92 Å². The minimum absolute atomic E-state index is 0.167. The highest BCUT2D eigenvalue weighted by Crippen LogP contribution is 2.25. The number of nitrogens with one attached hydrogen (secondary N) is 1. The third kappa shape index (κ3) is 5.08. The molecule has 0 spiro atoms. The first-order valence-corrected chi connectivity index (χ1v) is 8.10. The van der Waals surface area contributed by atoms with E-state index in [9.17, 15) is 9.59 Å². The van der Waals surface area contributed by atoms with Crippen molar-refractivity contribution < 1.29 is 14.3 Å². The summed E-state index contributed by atoms with van der Waals surface area (Å²) in [4.78, 5) is 29.9. The van der Waals surface area contributed by atoms with Crippen molar-refractivity contribution in [2.75, 3.05) is 30.9 Å². The Labute approximate surface area is 155 Å².